The summed E-state index contributed by atoms with van der Waals surface area (Å²) in [5, 5.41) is 26.0. The standard InChI is InChI=1S/C29H31ClF2N6O5/c1-36-21(19-4-5-22(39)25(32)24(19)31)16-34-26(36)27(41)35-17-2-3-18(20(30)14-17)28(42)38-12-10-37(11-13-38)23(40)15-29(43)6-8-33-9-7-29/h2-5,14,16,33,39,43H,6-13,15H2,1H3,(H,35,41). The van der Waals surface area contributed by atoms with E-state index < -0.39 is 28.9 Å². The van der Waals surface area contributed by atoms with Crippen LogP contribution in [0.1, 0.15) is 40.2 Å². The Kier molecular flexibility index (Phi) is 8.67. The highest BCUT2D eigenvalue weighted by molar-refractivity contribution is 6.34. The van der Waals surface area contributed by atoms with Gasteiger partial charge in [0.05, 0.1) is 34.5 Å². The second kappa shape index (κ2) is 12.3. The molecule has 4 N–H and O–H groups in total. The largest absolute Gasteiger partial charge is 0.505 e. The van der Waals surface area contributed by atoms with E-state index in [4.69, 9.17) is 11.6 Å². The van der Waals surface area contributed by atoms with E-state index in [1.165, 1.54) is 42.1 Å². The number of halogens is 3. The maximum atomic E-state index is 14.4. The lowest BCUT2D eigenvalue weighted by atomic mass is 9.88. The number of piperidine rings is 1. The number of nitrogens with zero attached hydrogens (tertiary/aromatic N) is 4. The van der Waals surface area contributed by atoms with E-state index >= 15 is 0 Å². The van der Waals surface area contributed by atoms with Crippen LogP contribution in [0, 0.1) is 11.6 Å². The van der Waals surface area contributed by atoms with Crippen molar-refractivity contribution in [2.45, 2.75) is 24.9 Å². The molecule has 2 fully saturated rings. The Labute approximate surface area is 251 Å². The number of amides is 3. The summed E-state index contributed by atoms with van der Waals surface area (Å²) in [4.78, 5) is 46.2. The third kappa shape index (κ3) is 6.33. The normalized spacial score (nSPS) is 16.7. The van der Waals surface area contributed by atoms with Crippen molar-refractivity contribution in [3.63, 3.8) is 0 Å². The summed E-state index contributed by atoms with van der Waals surface area (Å²) in [6, 6.07) is 6.61. The minimum atomic E-state index is -1.41. The number of anilines is 1. The molecule has 0 spiro atoms. The number of phenols is 1. The first-order chi connectivity index (χ1) is 20.5. The third-order valence-electron chi connectivity index (χ3n) is 7.92. The van der Waals surface area contributed by atoms with Gasteiger partial charge in [-0.3, -0.25) is 14.4 Å². The van der Waals surface area contributed by atoms with Crippen LogP contribution in [0.3, 0.4) is 0 Å². The number of aromatic nitrogens is 2. The van der Waals surface area contributed by atoms with Gasteiger partial charge in [0.1, 0.15) is 0 Å². The van der Waals surface area contributed by atoms with Crippen LogP contribution in [0.25, 0.3) is 11.3 Å². The number of rotatable bonds is 6. The van der Waals surface area contributed by atoms with Gasteiger partial charge in [-0.25, -0.2) is 9.37 Å². The molecule has 2 aliphatic heterocycles. The lowest BCUT2D eigenvalue weighted by Gasteiger charge is -2.38. The fourth-order valence-electron chi connectivity index (χ4n) is 5.35. The van der Waals surface area contributed by atoms with Crippen LogP contribution in [0.5, 0.6) is 5.75 Å². The Morgan fingerprint density at radius 3 is 2.40 bits per heavy atom. The molecule has 0 aliphatic carbocycles. The number of aliphatic hydroxyl groups is 1. The summed E-state index contributed by atoms with van der Waals surface area (Å²) in [5.41, 5.74) is -0.552. The van der Waals surface area contributed by atoms with Crippen molar-refractivity contribution < 1.29 is 33.4 Å². The minimum Gasteiger partial charge on any atom is -0.505 e. The monoisotopic (exact) mass is 616 g/mol. The van der Waals surface area contributed by atoms with E-state index in [-0.39, 0.29) is 51.6 Å². The highest BCUT2D eigenvalue weighted by atomic mass is 35.5. The Balaban J connectivity index is 1.20. The predicted octanol–water partition coefficient (Wildman–Crippen LogP) is 2.77. The maximum absolute atomic E-state index is 14.4. The van der Waals surface area contributed by atoms with Gasteiger partial charge in [-0.2, -0.15) is 4.39 Å². The molecule has 2 aliphatic rings. The first-order valence-electron chi connectivity index (χ1n) is 13.8. The smallest absolute Gasteiger partial charge is 0.291 e. The van der Waals surface area contributed by atoms with Crippen molar-refractivity contribution in [2.24, 2.45) is 7.05 Å². The van der Waals surface area contributed by atoms with E-state index in [9.17, 15) is 33.4 Å². The molecule has 2 saturated heterocycles. The molecule has 3 amide bonds. The van der Waals surface area contributed by atoms with Crippen LogP contribution in [-0.4, -0.2) is 92.2 Å². The van der Waals surface area contributed by atoms with Gasteiger partial charge in [0, 0.05) is 44.5 Å². The minimum absolute atomic E-state index is 0.0630. The van der Waals surface area contributed by atoms with Crippen LogP contribution < -0.4 is 10.6 Å². The van der Waals surface area contributed by atoms with E-state index in [2.05, 4.69) is 15.6 Å². The Bertz CT molecular complexity index is 1570. The predicted molar refractivity (Wildman–Crippen MR) is 154 cm³/mol. The van der Waals surface area contributed by atoms with Gasteiger partial charge < -0.3 is 35.2 Å². The second-order valence-corrected chi connectivity index (χ2v) is 11.2. The fraction of sp³-hybridized carbons (Fsp3) is 0.379. The van der Waals surface area contributed by atoms with Gasteiger partial charge >= 0.3 is 0 Å². The summed E-state index contributed by atoms with van der Waals surface area (Å²) in [5.74, 6) is -4.71. The topological polar surface area (TPSA) is 140 Å². The highest BCUT2D eigenvalue weighted by Gasteiger charge is 2.35. The van der Waals surface area contributed by atoms with Crippen LogP contribution in [-0.2, 0) is 11.8 Å². The van der Waals surface area contributed by atoms with Crippen molar-refractivity contribution >= 4 is 35.0 Å². The zero-order valence-corrected chi connectivity index (χ0v) is 24.1. The molecule has 0 bridgehead atoms. The zero-order valence-electron chi connectivity index (χ0n) is 23.4. The van der Waals surface area contributed by atoms with Gasteiger partial charge in [0.15, 0.2) is 17.4 Å². The summed E-state index contributed by atoms with van der Waals surface area (Å²) in [7, 11) is 1.46. The fourth-order valence-corrected chi connectivity index (χ4v) is 5.61. The molecule has 5 rings (SSSR count). The van der Waals surface area contributed by atoms with E-state index in [1.807, 2.05) is 0 Å². The summed E-state index contributed by atoms with van der Waals surface area (Å²) < 4.78 is 29.5. The van der Waals surface area contributed by atoms with Gasteiger partial charge in [0.2, 0.25) is 11.7 Å². The number of phenolic OH excluding ortho intramolecular Hbond substituents is 1. The Hall–Kier alpha value is -4.07. The molecule has 11 nitrogen and oxygen atoms in total. The SMILES string of the molecule is Cn1c(-c2ccc(O)c(F)c2F)cnc1C(=O)Nc1ccc(C(=O)N2CCN(C(=O)CC3(O)CCNCC3)CC2)c(Cl)c1. The van der Waals surface area contributed by atoms with Crippen molar-refractivity contribution in [2.75, 3.05) is 44.6 Å². The second-order valence-electron chi connectivity index (χ2n) is 10.8. The summed E-state index contributed by atoms with van der Waals surface area (Å²) in [6.07, 6.45) is 2.32. The van der Waals surface area contributed by atoms with Crippen molar-refractivity contribution in [3.05, 3.63) is 64.6 Å². The van der Waals surface area contributed by atoms with Crippen LogP contribution in [0.4, 0.5) is 14.5 Å². The molecule has 14 heteroatoms. The quantitative estimate of drug-likeness (QED) is 0.334. The van der Waals surface area contributed by atoms with E-state index in [0.717, 1.165) is 6.07 Å². The van der Waals surface area contributed by atoms with Crippen molar-refractivity contribution in [1.29, 1.82) is 0 Å². The Morgan fingerprint density at radius 2 is 1.72 bits per heavy atom. The summed E-state index contributed by atoms with van der Waals surface area (Å²) >= 11 is 6.42. The number of carbonyl (C=O) groups is 3. The van der Waals surface area contributed by atoms with Crippen molar-refractivity contribution in [1.82, 2.24) is 24.7 Å². The Morgan fingerprint density at radius 1 is 1.05 bits per heavy atom. The number of nitrogens with one attached hydrogen (secondary N) is 2. The van der Waals surface area contributed by atoms with Gasteiger partial charge in [-0.05, 0) is 56.3 Å². The highest BCUT2D eigenvalue weighted by Crippen LogP contribution is 2.30. The van der Waals surface area contributed by atoms with E-state index in [1.54, 1.807) is 9.80 Å². The summed E-state index contributed by atoms with van der Waals surface area (Å²) in [6.45, 7) is 2.65. The average molecular weight is 617 g/mol. The maximum Gasteiger partial charge on any atom is 0.291 e. The molecule has 1 aromatic heterocycles. The number of carbonyl (C=O) groups excluding carboxylic acids is 3. The molecule has 3 aromatic rings. The number of imidazole rings is 1. The van der Waals surface area contributed by atoms with Crippen LogP contribution in [0.2, 0.25) is 5.02 Å². The molecular formula is C29H31ClF2N6O5. The molecule has 0 atom stereocenters. The molecule has 228 valence electrons. The number of piperazine rings is 1. The molecule has 0 saturated carbocycles. The lowest BCUT2D eigenvalue weighted by molar-refractivity contribution is -0.139. The number of aromatic hydroxyl groups is 1. The number of benzene rings is 2. The molecule has 0 radical (unpaired) electrons. The van der Waals surface area contributed by atoms with Crippen LogP contribution in [0.15, 0.2) is 36.5 Å². The first-order valence-corrected chi connectivity index (χ1v) is 14.2. The average Bonchev–Trinajstić information content (AvgIpc) is 3.37. The first kappa shape index (κ1) is 30.4. The van der Waals surface area contributed by atoms with E-state index in [0.29, 0.717) is 52.1 Å². The molecule has 43 heavy (non-hydrogen) atoms. The van der Waals surface area contributed by atoms with Crippen molar-refractivity contribution in [3.8, 4) is 17.0 Å². The van der Waals surface area contributed by atoms with Gasteiger partial charge in [0.25, 0.3) is 11.8 Å². The molecule has 3 heterocycles. The third-order valence-corrected chi connectivity index (χ3v) is 8.23. The van der Waals surface area contributed by atoms with Crippen LogP contribution >= 0.6 is 11.6 Å². The molecule has 0 unspecified atom stereocenters. The number of hydrogen-bond acceptors (Lipinski definition) is 7. The number of hydrogen-bond donors (Lipinski definition) is 4. The molecule has 2 aromatic carbocycles. The zero-order chi connectivity index (χ0) is 30.9. The molecular weight excluding hydrogens is 586 g/mol. The lowest BCUT2D eigenvalue weighted by Crippen LogP contribution is -2.53. The van der Waals surface area contributed by atoms with Gasteiger partial charge in [-0.15, -0.1) is 0 Å². The van der Waals surface area contributed by atoms with Gasteiger partial charge in [-0.1, -0.05) is 11.6 Å².